The summed E-state index contributed by atoms with van der Waals surface area (Å²) >= 11 is 0. The van der Waals surface area contributed by atoms with Gasteiger partial charge in [-0.05, 0) is 31.4 Å². The molecule has 0 unspecified atom stereocenters. The highest BCUT2D eigenvalue weighted by molar-refractivity contribution is 5.93. The molecule has 1 heterocycles. The number of carbonyl (C=O) groups is 1. The third kappa shape index (κ3) is 2.74. The summed E-state index contributed by atoms with van der Waals surface area (Å²) in [6, 6.07) is 10.00. The van der Waals surface area contributed by atoms with Gasteiger partial charge in [-0.25, -0.2) is 4.79 Å². The zero-order chi connectivity index (χ0) is 13.0. The summed E-state index contributed by atoms with van der Waals surface area (Å²) < 4.78 is 4.85. The SMILES string of the molecule is CCOC(=O)/C=C/c1nc(C)cc2ccccc12. The van der Waals surface area contributed by atoms with Crippen molar-refractivity contribution in [1.82, 2.24) is 4.98 Å². The molecule has 3 nitrogen and oxygen atoms in total. The first-order chi connectivity index (χ1) is 8.70. The summed E-state index contributed by atoms with van der Waals surface area (Å²) in [5.41, 5.74) is 1.72. The van der Waals surface area contributed by atoms with Gasteiger partial charge in [0.15, 0.2) is 0 Å². The zero-order valence-electron chi connectivity index (χ0n) is 10.5. The molecule has 0 bridgehead atoms. The predicted molar refractivity (Wildman–Crippen MR) is 72.1 cm³/mol. The Kier molecular flexibility index (Phi) is 3.72. The number of carbonyl (C=O) groups excluding carboxylic acids is 1. The van der Waals surface area contributed by atoms with Gasteiger partial charge in [0.2, 0.25) is 0 Å². The van der Waals surface area contributed by atoms with Crippen molar-refractivity contribution < 1.29 is 9.53 Å². The van der Waals surface area contributed by atoms with Crippen LogP contribution in [0.25, 0.3) is 16.8 Å². The third-order valence-corrected chi connectivity index (χ3v) is 2.56. The van der Waals surface area contributed by atoms with Crippen LogP contribution in [0.2, 0.25) is 0 Å². The minimum absolute atomic E-state index is 0.343. The van der Waals surface area contributed by atoms with E-state index in [0.717, 1.165) is 22.2 Å². The monoisotopic (exact) mass is 241 g/mol. The first-order valence-corrected chi connectivity index (χ1v) is 5.92. The molecular weight excluding hydrogens is 226 g/mol. The van der Waals surface area contributed by atoms with Crippen LogP contribution in [0, 0.1) is 6.92 Å². The van der Waals surface area contributed by atoms with Crippen LogP contribution in [0.3, 0.4) is 0 Å². The first-order valence-electron chi connectivity index (χ1n) is 5.92. The van der Waals surface area contributed by atoms with Gasteiger partial charge in [0.05, 0.1) is 12.3 Å². The maximum Gasteiger partial charge on any atom is 0.330 e. The molecule has 0 radical (unpaired) electrons. The number of aryl methyl sites for hydroxylation is 1. The average Bonchev–Trinajstić information content (AvgIpc) is 2.36. The molecule has 3 heteroatoms. The highest BCUT2D eigenvalue weighted by atomic mass is 16.5. The molecule has 1 aromatic heterocycles. The van der Waals surface area contributed by atoms with Crippen LogP contribution >= 0.6 is 0 Å². The molecule has 18 heavy (non-hydrogen) atoms. The number of rotatable bonds is 3. The summed E-state index contributed by atoms with van der Waals surface area (Å²) in [4.78, 5) is 15.7. The minimum Gasteiger partial charge on any atom is -0.463 e. The number of fused-ring (bicyclic) bond motifs is 1. The topological polar surface area (TPSA) is 39.2 Å². The van der Waals surface area contributed by atoms with Crippen LogP contribution in [0.15, 0.2) is 36.4 Å². The molecular formula is C15H15NO2. The molecule has 0 spiro atoms. The number of hydrogen-bond acceptors (Lipinski definition) is 3. The maximum atomic E-state index is 11.3. The van der Waals surface area contributed by atoms with Gasteiger partial charge in [-0.15, -0.1) is 0 Å². The van der Waals surface area contributed by atoms with Crippen LogP contribution < -0.4 is 0 Å². The van der Waals surface area contributed by atoms with Crippen molar-refractivity contribution in [2.45, 2.75) is 13.8 Å². The van der Waals surface area contributed by atoms with Crippen molar-refractivity contribution in [2.24, 2.45) is 0 Å². The van der Waals surface area contributed by atoms with Crippen LogP contribution in [0.1, 0.15) is 18.3 Å². The second-order valence-electron chi connectivity index (χ2n) is 3.96. The Morgan fingerprint density at radius 3 is 2.94 bits per heavy atom. The van der Waals surface area contributed by atoms with Gasteiger partial charge in [-0.1, -0.05) is 24.3 Å². The normalized spacial score (nSPS) is 11.0. The van der Waals surface area contributed by atoms with E-state index in [1.54, 1.807) is 13.0 Å². The molecule has 2 rings (SSSR count). The second-order valence-corrected chi connectivity index (χ2v) is 3.96. The summed E-state index contributed by atoms with van der Waals surface area (Å²) in [6.07, 6.45) is 3.12. The van der Waals surface area contributed by atoms with E-state index >= 15 is 0 Å². The molecule has 0 atom stereocenters. The lowest BCUT2D eigenvalue weighted by atomic mass is 10.1. The summed E-state index contributed by atoms with van der Waals surface area (Å²) in [7, 11) is 0. The van der Waals surface area contributed by atoms with Gasteiger partial charge >= 0.3 is 5.97 Å². The molecule has 1 aromatic carbocycles. The Balaban J connectivity index is 2.41. The van der Waals surface area contributed by atoms with E-state index in [-0.39, 0.29) is 5.97 Å². The van der Waals surface area contributed by atoms with Crippen LogP contribution in [0.5, 0.6) is 0 Å². The number of hydrogen-bond donors (Lipinski definition) is 0. The quantitative estimate of drug-likeness (QED) is 0.612. The van der Waals surface area contributed by atoms with Crippen molar-refractivity contribution in [3.05, 3.63) is 47.8 Å². The Morgan fingerprint density at radius 1 is 1.39 bits per heavy atom. The number of nitrogens with zero attached hydrogens (tertiary/aromatic N) is 1. The van der Waals surface area contributed by atoms with Gasteiger partial charge in [-0.2, -0.15) is 0 Å². The van der Waals surface area contributed by atoms with Gasteiger partial charge in [0, 0.05) is 17.2 Å². The Morgan fingerprint density at radius 2 is 2.17 bits per heavy atom. The highest BCUT2D eigenvalue weighted by Crippen LogP contribution is 2.19. The molecule has 0 saturated carbocycles. The number of benzene rings is 1. The number of ether oxygens (including phenoxy) is 1. The maximum absolute atomic E-state index is 11.3. The molecule has 0 amide bonds. The molecule has 92 valence electrons. The molecule has 0 saturated heterocycles. The first kappa shape index (κ1) is 12.3. The number of aromatic nitrogens is 1. The van der Waals surface area contributed by atoms with E-state index in [9.17, 15) is 4.79 Å². The smallest absolute Gasteiger partial charge is 0.330 e. The van der Waals surface area contributed by atoms with Crippen LogP contribution in [-0.2, 0) is 9.53 Å². The third-order valence-electron chi connectivity index (χ3n) is 2.56. The zero-order valence-corrected chi connectivity index (χ0v) is 10.5. The van der Waals surface area contributed by atoms with Gasteiger partial charge < -0.3 is 4.74 Å². The van der Waals surface area contributed by atoms with E-state index in [0.29, 0.717) is 6.61 Å². The molecule has 0 N–H and O–H groups in total. The standard InChI is InChI=1S/C15H15NO2/c1-3-18-15(17)9-8-14-13-7-5-4-6-12(13)10-11(2)16-14/h4-10H,3H2,1-2H3/b9-8+. The van der Waals surface area contributed by atoms with E-state index in [2.05, 4.69) is 4.98 Å². The fourth-order valence-corrected chi connectivity index (χ4v) is 1.83. The average molecular weight is 241 g/mol. The largest absolute Gasteiger partial charge is 0.463 e. The Bertz CT molecular complexity index is 602. The van der Waals surface area contributed by atoms with Crippen molar-refractivity contribution in [2.75, 3.05) is 6.61 Å². The van der Waals surface area contributed by atoms with Gasteiger partial charge in [0.1, 0.15) is 0 Å². The molecule has 0 aliphatic carbocycles. The summed E-state index contributed by atoms with van der Waals surface area (Å²) in [5.74, 6) is -0.343. The second kappa shape index (κ2) is 5.45. The lowest BCUT2D eigenvalue weighted by molar-refractivity contribution is -0.137. The molecule has 0 fully saturated rings. The van der Waals surface area contributed by atoms with Crippen LogP contribution in [-0.4, -0.2) is 17.6 Å². The molecule has 0 aliphatic heterocycles. The van der Waals surface area contributed by atoms with Crippen molar-refractivity contribution >= 4 is 22.8 Å². The van der Waals surface area contributed by atoms with E-state index in [1.807, 2.05) is 37.3 Å². The van der Waals surface area contributed by atoms with Gasteiger partial charge in [0.25, 0.3) is 0 Å². The number of pyridine rings is 1. The fraction of sp³-hybridized carbons (Fsp3) is 0.200. The fourth-order valence-electron chi connectivity index (χ4n) is 1.83. The number of esters is 1. The van der Waals surface area contributed by atoms with E-state index in [1.165, 1.54) is 6.08 Å². The Labute approximate surface area is 106 Å². The predicted octanol–water partition coefficient (Wildman–Crippen LogP) is 3.12. The minimum atomic E-state index is -0.343. The van der Waals surface area contributed by atoms with Crippen molar-refractivity contribution in [1.29, 1.82) is 0 Å². The Hall–Kier alpha value is -2.16. The molecule has 2 aromatic rings. The van der Waals surface area contributed by atoms with Crippen molar-refractivity contribution in [3.8, 4) is 0 Å². The molecule has 0 aliphatic rings. The van der Waals surface area contributed by atoms with Crippen LogP contribution in [0.4, 0.5) is 0 Å². The highest BCUT2D eigenvalue weighted by Gasteiger charge is 2.02. The van der Waals surface area contributed by atoms with Gasteiger partial charge in [-0.3, -0.25) is 4.98 Å². The van der Waals surface area contributed by atoms with E-state index in [4.69, 9.17) is 4.74 Å². The summed E-state index contributed by atoms with van der Waals surface area (Å²) in [5, 5.41) is 2.15. The van der Waals surface area contributed by atoms with E-state index < -0.39 is 0 Å². The lowest BCUT2D eigenvalue weighted by Crippen LogP contribution is -1.99. The summed E-state index contributed by atoms with van der Waals surface area (Å²) in [6.45, 7) is 4.10. The van der Waals surface area contributed by atoms with Crippen molar-refractivity contribution in [3.63, 3.8) is 0 Å². The lowest BCUT2D eigenvalue weighted by Gasteiger charge is -2.03.